The van der Waals surface area contributed by atoms with E-state index in [0.717, 1.165) is 11.3 Å². The standard InChI is InChI=1S/C12H26NS/c1-5-7-8-13(4)9-10-14-11(3)12(13)6-2/h11-12H,5-10H2,1-4H3/q+1. The fourth-order valence-corrected chi connectivity index (χ4v) is 4.40. The molecule has 1 heterocycles. The van der Waals surface area contributed by atoms with Crippen molar-refractivity contribution in [3.63, 3.8) is 0 Å². The van der Waals surface area contributed by atoms with Crippen LogP contribution in [0.15, 0.2) is 0 Å². The Balaban J connectivity index is 2.61. The zero-order valence-electron chi connectivity index (χ0n) is 10.3. The molecule has 2 heteroatoms. The van der Waals surface area contributed by atoms with E-state index in [1.165, 1.54) is 42.6 Å². The van der Waals surface area contributed by atoms with Crippen molar-refractivity contribution in [3.05, 3.63) is 0 Å². The fourth-order valence-electron chi connectivity index (χ4n) is 2.80. The molecule has 3 atom stereocenters. The summed E-state index contributed by atoms with van der Waals surface area (Å²) in [5.74, 6) is 1.36. The van der Waals surface area contributed by atoms with Crippen LogP contribution in [-0.4, -0.2) is 41.7 Å². The first-order valence-corrected chi connectivity index (χ1v) is 7.14. The van der Waals surface area contributed by atoms with Gasteiger partial charge in [0.25, 0.3) is 0 Å². The highest BCUT2D eigenvalue weighted by molar-refractivity contribution is 8.00. The molecule has 0 amide bonds. The summed E-state index contributed by atoms with van der Waals surface area (Å²) in [6.45, 7) is 9.85. The lowest BCUT2D eigenvalue weighted by Crippen LogP contribution is -2.59. The summed E-state index contributed by atoms with van der Waals surface area (Å²) in [7, 11) is 2.47. The van der Waals surface area contributed by atoms with E-state index in [0.29, 0.717) is 0 Å². The lowest BCUT2D eigenvalue weighted by Gasteiger charge is -2.47. The average Bonchev–Trinajstić information content (AvgIpc) is 2.15. The van der Waals surface area contributed by atoms with Crippen LogP contribution in [0.4, 0.5) is 0 Å². The Kier molecular flexibility index (Phi) is 4.78. The molecule has 14 heavy (non-hydrogen) atoms. The van der Waals surface area contributed by atoms with Crippen LogP contribution >= 0.6 is 11.8 Å². The quantitative estimate of drug-likeness (QED) is 0.651. The molecular formula is C12H26NS+. The minimum Gasteiger partial charge on any atom is -0.322 e. The number of hydrogen-bond acceptors (Lipinski definition) is 1. The van der Waals surface area contributed by atoms with Crippen molar-refractivity contribution in [1.29, 1.82) is 0 Å². The van der Waals surface area contributed by atoms with E-state index in [4.69, 9.17) is 0 Å². The maximum Gasteiger partial charge on any atom is 0.100 e. The summed E-state index contributed by atoms with van der Waals surface area (Å²) in [4.78, 5) is 0. The largest absolute Gasteiger partial charge is 0.322 e. The van der Waals surface area contributed by atoms with E-state index in [-0.39, 0.29) is 0 Å². The first-order valence-electron chi connectivity index (χ1n) is 6.10. The lowest BCUT2D eigenvalue weighted by molar-refractivity contribution is -0.932. The Hall–Kier alpha value is 0.310. The second kappa shape index (κ2) is 5.41. The zero-order chi connectivity index (χ0) is 10.6. The van der Waals surface area contributed by atoms with Gasteiger partial charge in [-0.2, -0.15) is 0 Å². The predicted octanol–water partition coefficient (Wildman–Crippen LogP) is 3.15. The molecule has 0 aromatic heterocycles. The van der Waals surface area contributed by atoms with Gasteiger partial charge in [0.1, 0.15) is 6.04 Å². The third kappa shape index (κ3) is 2.66. The lowest BCUT2D eigenvalue weighted by atomic mass is 10.1. The second-order valence-corrected chi connectivity index (χ2v) is 6.32. The van der Waals surface area contributed by atoms with Crippen molar-refractivity contribution in [1.82, 2.24) is 0 Å². The summed E-state index contributed by atoms with van der Waals surface area (Å²) in [5, 5.41) is 0.857. The summed E-state index contributed by atoms with van der Waals surface area (Å²) in [6.07, 6.45) is 4.07. The molecule has 0 bridgehead atoms. The minimum atomic E-state index is 0.857. The Morgan fingerprint density at radius 1 is 1.36 bits per heavy atom. The van der Waals surface area contributed by atoms with Crippen LogP contribution in [0, 0.1) is 0 Å². The van der Waals surface area contributed by atoms with Crippen LogP contribution in [0.3, 0.4) is 0 Å². The molecule has 84 valence electrons. The predicted molar refractivity (Wildman–Crippen MR) is 66.8 cm³/mol. The second-order valence-electron chi connectivity index (χ2n) is 4.83. The third-order valence-corrected chi connectivity index (χ3v) is 5.02. The molecule has 1 aliphatic heterocycles. The molecule has 3 unspecified atom stereocenters. The van der Waals surface area contributed by atoms with Crippen LogP contribution in [-0.2, 0) is 0 Å². The molecular weight excluding hydrogens is 190 g/mol. The van der Waals surface area contributed by atoms with Crippen molar-refractivity contribution in [2.75, 3.05) is 25.9 Å². The van der Waals surface area contributed by atoms with Gasteiger partial charge in [0.2, 0.25) is 0 Å². The van der Waals surface area contributed by atoms with Crippen LogP contribution in [0.5, 0.6) is 0 Å². The van der Waals surface area contributed by atoms with Gasteiger partial charge in [-0.1, -0.05) is 20.3 Å². The molecule has 0 radical (unpaired) electrons. The maximum atomic E-state index is 2.47. The number of rotatable bonds is 4. The van der Waals surface area contributed by atoms with Gasteiger partial charge in [0.15, 0.2) is 0 Å². The highest BCUT2D eigenvalue weighted by Gasteiger charge is 2.38. The third-order valence-electron chi connectivity index (χ3n) is 3.77. The van der Waals surface area contributed by atoms with Gasteiger partial charge in [-0.25, -0.2) is 0 Å². The highest BCUT2D eigenvalue weighted by atomic mass is 32.2. The van der Waals surface area contributed by atoms with Gasteiger partial charge in [0, 0.05) is 5.75 Å². The molecule has 0 aliphatic carbocycles. The molecule has 1 rings (SSSR count). The van der Waals surface area contributed by atoms with Crippen LogP contribution < -0.4 is 0 Å². The maximum absolute atomic E-state index is 2.47. The van der Waals surface area contributed by atoms with Crippen LogP contribution in [0.1, 0.15) is 40.0 Å². The first-order chi connectivity index (χ1) is 6.64. The number of nitrogens with zero attached hydrogens (tertiary/aromatic N) is 1. The molecule has 0 aromatic rings. The van der Waals surface area contributed by atoms with Gasteiger partial charge in [0.05, 0.1) is 25.4 Å². The van der Waals surface area contributed by atoms with E-state index in [2.05, 4.69) is 39.6 Å². The zero-order valence-corrected chi connectivity index (χ0v) is 11.1. The van der Waals surface area contributed by atoms with Crippen molar-refractivity contribution >= 4 is 11.8 Å². The SMILES string of the molecule is CCCC[N+]1(C)CCSC(C)C1CC. The smallest absolute Gasteiger partial charge is 0.100 e. The molecule has 0 spiro atoms. The summed E-state index contributed by atoms with van der Waals surface area (Å²) in [5.41, 5.74) is 0. The Morgan fingerprint density at radius 3 is 2.64 bits per heavy atom. The molecule has 1 saturated heterocycles. The monoisotopic (exact) mass is 216 g/mol. The van der Waals surface area contributed by atoms with E-state index in [9.17, 15) is 0 Å². The number of unbranched alkanes of at least 4 members (excludes halogenated alkanes) is 1. The Labute approximate surface area is 93.8 Å². The van der Waals surface area contributed by atoms with Crippen molar-refractivity contribution < 1.29 is 4.48 Å². The number of thioether (sulfide) groups is 1. The van der Waals surface area contributed by atoms with Crippen molar-refractivity contribution in [2.45, 2.75) is 51.3 Å². The van der Waals surface area contributed by atoms with Crippen molar-refractivity contribution in [2.24, 2.45) is 0 Å². The normalized spacial score (nSPS) is 38.6. The van der Waals surface area contributed by atoms with Gasteiger partial charge >= 0.3 is 0 Å². The molecule has 1 fully saturated rings. The summed E-state index contributed by atoms with van der Waals surface area (Å²) < 4.78 is 1.33. The Bertz CT molecular complexity index is 172. The minimum absolute atomic E-state index is 0.857. The van der Waals surface area contributed by atoms with Crippen molar-refractivity contribution in [3.8, 4) is 0 Å². The van der Waals surface area contributed by atoms with E-state index >= 15 is 0 Å². The summed E-state index contributed by atoms with van der Waals surface area (Å²) in [6, 6.07) is 0.889. The van der Waals surface area contributed by atoms with E-state index in [1.54, 1.807) is 0 Å². The molecule has 1 aliphatic rings. The van der Waals surface area contributed by atoms with Crippen LogP contribution in [0.2, 0.25) is 0 Å². The van der Waals surface area contributed by atoms with Gasteiger partial charge in [-0.3, -0.25) is 0 Å². The highest BCUT2D eigenvalue weighted by Crippen LogP contribution is 2.31. The van der Waals surface area contributed by atoms with Gasteiger partial charge in [-0.15, -0.1) is 11.8 Å². The molecule has 1 nitrogen and oxygen atoms in total. The van der Waals surface area contributed by atoms with E-state index < -0.39 is 0 Å². The topological polar surface area (TPSA) is 0 Å². The number of hydrogen-bond donors (Lipinski definition) is 0. The fraction of sp³-hybridized carbons (Fsp3) is 1.00. The average molecular weight is 216 g/mol. The molecule has 0 N–H and O–H groups in total. The Morgan fingerprint density at radius 2 is 2.07 bits per heavy atom. The van der Waals surface area contributed by atoms with E-state index in [1.807, 2.05) is 0 Å². The van der Waals surface area contributed by atoms with Gasteiger partial charge < -0.3 is 4.48 Å². The molecule has 0 aromatic carbocycles. The number of quaternary nitrogens is 1. The molecule has 0 saturated carbocycles. The van der Waals surface area contributed by atoms with Gasteiger partial charge in [-0.05, 0) is 19.8 Å². The van der Waals surface area contributed by atoms with Crippen LogP contribution in [0.25, 0.3) is 0 Å². The summed E-state index contributed by atoms with van der Waals surface area (Å²) >= 11 is 2.17. The first kappa shape index (κ1) is 12.4.